The predicted octanol–water partition coefficient (Wildman–Crippen LogP) is 2.91. The van der Waals surface area contributed by atoms with Gasteiger partial charge < -0.3 is 4.74 Å². The molecule has 2 rings (SSSR count). The van der Waals surface area contributed by atoms with Gasteiger partial charge in [0.2, 0.25) is 5.91 Å². The summed E-state index contributed by atoms with van der Waals surface area (Å²) in [6, 6.07) is 5.30. The monoisotopic (exact) mass is 426 g/mol. The number of carbonyl (C=O) groups is 2. The Bertz CT molecular complexity index is 758. The first-order valence-electron chi connectivity index (χ1n) is 7.28. The average molecular weight is 427 g/mol. The number of non-ortho nitro benzene ring substituents is 1. The maximum Gasteiger partial charge on any atom is 0.355 e. The van der Waals surface area contributed by atoms with Crippen molar-refractivity contribution in [2.75, 3.05) is 0 Å². The van der Waals surface area contributed by atoms with Gasteiger partial charge in [0.15, 0.2) is 0 Å². The lowest BCUT2D eigenvalue weighted by molar-refractivity contribution is -0.384. The number of nitro groups is 1. The van der Waals surface area contributed by atoms with Crippen LogP contribution >= 0.6 is 28.1 Å². The Morgan fingerprint density at radius 1 is 1.40 bits per heavy atom. The molecule has 1 aromatic rings. The SMILES string of the molecule is CC(C)=C(C(=O)OCc1ccc([N+](=O)[O-])cc1)N1C(=O)[C@@H](Br)[C@H]1C=S. The van der Waals surface area contributed by atoms with Crippen LogP contribution in [0.3, 0.4) is 0 Å². The molecule has 0 unspecified atom stereocenters. The summed E-state index contributed by atoms with van der Waals surface area (Å²) in [7, 11) is 0. The van der Waals surface area contributed by atoms with E-state index >= 15 is 0 Å². The molecule has 0 bridgehead atoms. The van der Waals surface area contributed by atoms with Crippen LogP contribution in [0.5, 0.6) is 0 Å². The third kappa shape index (κ3) is 3.93. The fourth-order valence-electron chi connectivity index (χ4n) is 2.34. The summed E-state index contributed by atoms with van der Waals surface area (Å²) in [5, 5.41) is 12.1. The molecule has 1 heterocycles. The van der Waals surface area contributed by atoms with Crippen molar-refractivity contribution in [1.29, 1.82) is 0 Å². The first-order valence-corrected chi connectivity index (χ1v) is 8.67. The molecule has 1 aromatic carbocycles. The molecule has 1 saturated heterocycles. The first-order chi connectivity index (χ1) is 11.8. The van der Waals surface area contributed by atoms with Crippen molar-refractivity contribution in [3.05, 3.63) is 51.2 Å². The Kier molecular flexibility index (Phi) is 6.02. The van der Waals surface area contributed by atoms with Gasteiger partial charge in [0.05, 0.1) is 11.0 Å². The minimum absolute atomic E-state index is 0.0431. The predicted molar refractivity (Wildman–Crippen MR) is 98.3 cm³/mol. The maximum atomic E-state index is 12.4. The van der Waals surface area contributed by atoms with Gasteiger partial charge in [0, 0.05) is 17.5 Å². The van der Waals surface area contributed by atoms with Gasteiger partial charge in [-0.25, -0.2) is 4.79 Å². The van der Waals surface area contributed by atoms with Crippen molar-refractivity contribution in [2.45, 2.75) is 31.3 Å². The van der Waals surface area contributed by atoms with Crippen LogP contribution in [-0.2, 0) is 20.9 Å². The van der Waals surface area contributed by atoms with Crippen molar-refractivity contribution in [1.82, 2.24) is 4.90 Å². The van der Waals surface area contributed by atoms with Gasteiger partial charge in [-0.2, -0.15) is 0 Å². The number of nitro benzene ring substituents is 1. The van der Waals surface area contributed by atoms with E-state index in [4.69, 9.17) is 17.0 Å². The molecule has 1 amide bonds. The number of halogens is 1. The molecule has 9 heteroatoms. The van der Waals surface area contributed by atoms with E-state index in [1.165, 1.54) is 34.5 Å². The van der Waals surface area contributed by atoms with Crippen LogP contribution in [0, 0.1) is 10.1 Å². The summed E-state index contributed by atoms with van der Waals surface area (Å²) in [6.45, 7) is 3.35. The van der Waals surface area contributed by atoms with E-state index in [1.54, 1.807) is 13.8 Å². The zero-order valence-electron chi connectivity index (χ0n) is 13.5. The van der Waals surface area contributed by atoms with Crippen LogP contribution in [0.2, 0.25) is 0 Å². The number of hydrogen-bond acceptors (Lipinski definition) is 6. The van der Waals surface area contributed by atoms with E-state index in [1.807, 2.05) is 0 Å². The number of benzene rings is 1. The summed E-state index contributed by atoms with van der Waals surface area (Å²) in [5.41, 5.74) is 1.35. The van der Waals surface area contributed by atoms with Crippen LogP contribution in [0.15, 0.2) is 35.5 Å². The number of ether oxygens (including phenoxy) is 1. The van der Waals surface area contributed by atoms with E-state index in [9.17, 15) is 19.7 Å². The zero-order chi connectivity index (χ0) is 18.7. The van der Waals surface area contributed by atoms with Gasteiger partial charge >= 0.3 is 5.97 Å². The fraction of sp³-hybridized carbons (Fsp3) is 0.312. The molecular weight excluding hydrogens is 412 g/mol. The molecule has 132 valence electrons. The number of amides is 1. The Morgan fingerprint density at radius 3 is 2.48 bits per heavy atom. The molecule has 0 radical (unpaired) electrons. The first kappa shape index (κ1) is 19.2. The van der Waals surface area contributed by atoms with Crippen molar-refractivity contribution in [3.8, 4) is 0 Å². The number of alkyl halides is 1. The quantitative estimate of drug-likeness (QED) is 0.132. The van der Waals surface area contributed by atoms with E-state index in [2.05, 4.69) is 15.9 Å². The topological polar surface area (TPSA) is 89.8 Å². The second-order valence-electron chi connectivity index (χ2n) is 5.58. The van der Waals surface area contributed by atoms with Crippen LogP contribution in [-0.4, -0.2) is 37.9 Å². The van der Waals surface area contributed by atoms with Crippen LogP contribution in [0.1, 0.15) is 19.4 Å². The highest BCUT2D eigenvalue weighted by Crippen LogP contribution is 2.32. The lowest BCUT2D eigenvalue weighted by Crippen LogP contribution is -2.63. The second-order valence-corrected chi connectivity index (χ2v) is 6.84. The molecule has 7 nitrogen and oxygen atoms in total. The number of nitrogens with zero attached hydrogens (tertiary/aromatic N) is 2. The summed E-state index contributed by atoms with van der Waals surface area (Å²) in [5.74, 6) is -0.900. The molecule has 25 heavy (non-hydrogen) atoms. The van der Waals surface area contributed by atoms with Crippen molar-refractivity contribution < 1.29 is 19.2 Å². The minimum atomic E-state index is -0.645. The highest BCUT2D eigenvalue weighted by atomic mass is 79.9. The average Bonchev–Trinajstić information content (AvgIpc) is 2.59. The largest absolute Gasteiger partial charge is 0.456 e. The minimum Gasteiger partial charge on any atom is -0.456 e. The van der Waals surface area contributed by atoms with Crippen LogP contribution in [0.4, 0.5) is 5.69 Å². The van der Waals surface area contributed by atoms with E-state index < -0.39 is 15.7 Å². The number of likely N-dealkylation sites (tertiary alicyclic amines) is 1. The Morgan fingerprint density at radius 2 is 2.00 bits per heavy atom. The van der Waals surface area contributed by atoms with Crippen molar-refractivity contribution >= 4 is 51.1 Å². The Balaban J connectivity index is 2.09. The highest BCUT2D eigenvalue weighted by molar-refractivity contribution is 9.10. The highest BCUT2D eigenvalue weighted by Gasteiger charge is 2.48. The second kappa shape index (κ2) is 7.83. The smallest absolute Gasteiger partial charge is 0.355 e. The number of carbonyl (C=O) groups excluding carboxylic acids is 2. The summed E-state index contributed by atoms with van der Waals surface area (Å²) < 4.78 is 5.26. The zero-order valence-corrected chi connectivity index (χ0v) is 15.9. The van der Waals surface area contributed by atoms with Crippen LogP contribution < -0.4 is 0 Å². The number of thiocarbonyl (C=S) groups is 1. The molecule has 2 atom stereocenters. The lowest BCUT2D eigenvalue weighted by atomic mass is 10.0. The van der Waals surface area contributed by atoms with E-state index in [0.29, 0.717) is 11.1 Å². The number of hydrogen-bond donors (Lipinski definition) is 0. The normalized spacial score (nSPS) is 19.0. The number of rotatable bonds is 6. The Hall–Kier alpha value is -2.13. The molecule has 0 aromatic heterocycles. The van der Waals surface area contributed by atoms with Gasteiger partial charge in [-0.15, -0.1) is 0 Å². The third-order valence-corrected chi connectivity index (χ3v) is 4.85. The summed E-state index contributed by atoms with van der Waals surface area (Å²) >= 11 is 8.15. The van der Waals surface area contributed by atoms with Gasteiger partial charge in [0.25, 0.3) is 5.69 Å². The van der Waals surface area contributed by atoms with Gasteiger partial charge in [-0.3, -0.25) is 19.8 Å². The third-order valence-electron chi connectivity index (χ3n) is 3.64. The van der Waals surface area contributed by atoms with Crippen molar-refractivity contribution in [3.63, 3.8) is 0 Å². The summed E-state index contributed by atoms with van der Waals surface area (Å²) in [4.78, 5) is 35.5. The van der Waals surface area contributed by atoms with Crippen molar-refractivity contribution in [2.24, 2.45) is 0 Å². The molecule has 0 N–H and O–H groups in total. The molecule has 0 aliphatic carbocycles. The number of esters is 1. The summed E-state index contributed by atoms with van der Waals surface area (Å²) in [6.07, 6.45) is 0. The van der Waals surface area contributed by atoms with E-state index in [-0.39, 0.29) is 29.9 Å². The van der Waals surface area contributed by atoms with Gasteiger partial charge in [-0.05, 0) is 37.1 Å². The molecule has 1 aliphatic heterocycles. The van der Waals surface area contributed by atoms with Gasteiger partial charge in [0.1, 0.15) is 17.1 Å². The molecule has 1 aliphatic rings. The van der Waals surface area contributed by atoms with E-state index in [0.717, 1.165) is 0 Å². The lowest BCUT2D eigenvalue weighted by Gasteiger charge is -2.43. The molecule has 0 saturated carbocycles. The number of β-lactam (4-membered cyclic amide) rings is 1. The van der Waals surface area contributed by atoms with Gasteiger partial charge in [-0.1, -0.05) is 28.1 Å². The molecule has 0 spiro atoms. The molecule has 1 fully saturated rings. The van der Waals surface area contributed by atoms with Crippen LogP contribution in [0.25, 0.3) is 0 Å². The Labute approximate surface area is 157 Å². The molecular formula is C16H15BrN2O5S. The number of allylic oxidation sites excluding steroid dienone is 1. The maximum absolute atomic E-state index is 12.4. The fourth-order valence-corrected chi connectivity index (χ4v) is 3.43. The standard InChI is InChI=1S/C16H15BrN2O5S/c1-9(2)14(18-12(8-25)13(17)15(18)20)16(21)24-7-10-3-5-11(6-4-10)19(22)23/h3-6,8,12-13H,7H2,1-2H3/t12-,13+/m1/s1.